The molecule has 6 atom stereocenters. The molecule has 9 nitrogen and oxygen atoms in total. The predicted octanol–water partition coefficient (Wildman–Crippen LogP) is 7.40. The molecule has 3 aliphatic carbocycles. The number of hydrogen-bond donors (Lipinski definition) is 3. The van der Waals surface area contributed by atoms with Crippen LogP contribution in [0, 0.1) is 43.9 Å². The van der Waals surface area contributed by atoms with Gasteiger partial charge in [-0.25, -0.2) is 0 Å². The molecule has 4 N–H and O–H groups in total. The number of nitro groups is 2. The maximum atomic E-state index is 11.9. The molecule has 0 heterocycles. The molecule has 38 heavy (non-hydrogen) atoms. The van der Waals surface area contributed by atoms with Crippen molar-refractivity contribution in [1.29, 1.82) is 0 Å². The summed E-state index contributed by atoms with van der Waals surface area (Å²) in [5.74, 6) is 2.40. The van der Waals surface area contributed by atoms with Crippen LogP contribution < -0.4 is 16.4 Å². The number of nitro benzene ring substituents is 2. The smallest absolute Gasteiger partial charge is 0.299 e. The van der Waals surface area contributed by atoms with Crippen molar-refractivity contribution in [3.05, 3.63) is 32.4 Å². The average Bonchev–Trinajstić information content (AvgIpc) is 2.84. The minimum atomic E-state index is -0.505. The van der Waals surface area contributed by atoms with Gasteiger partial charge in [0.25, 0.3) is 11.4 Å². The minimum absolute atomic E-state index is 0.111. The molecule has 0 saturated heterocycles. The van der Waals surface area contributed by atoms with E-state index in [-0.39, 0.29) is 23.5 Å². The minimum Gasteiger partial charge on any atom is -0.377 e. The predicted molar refractivity (Wildman–Crippen MR) is 152 cm³/mol. The fourth-order valence-electron chi connectivity index (χ4n) is 7.28. The summed E-state index contributed by atoms with van der Waals surface area (Å²) in [6.07, 6.45) is 15.7. The number of rotatable bonds is 8. The summed E-state index contributed by atoms with van der Waals surface area (Å²) in [7, 11) is 0. The van der Waals surface area contributed by atoms with Gasteiger partial charge in [-0.1, -0.05) is 46.0 Å². The van der Waals surface area contributed by atoms with Crippen LogP contribution in [0.1, 0.15) is 104 Å². The molecule has 9 heteroatoms. The third kappa shape index (κ3) is 7.36. The molecule has 0 aliphatic heterocycles. The molecule has 0 aromatic heterocycles. The first kappa shape index (κ1) is 28.6. The van der Waals surface area contributed by atoms with Crippen molar-refractivity contribution < 1.29 is 9.85 Å². The summed E-state index contributed by atoms with van der Waals surface area (Å²) in [6.45, 7) is 4.51. The molecule has 212 valence electrons. The van der Waals surface area contributed by atoms with Crippen molar-refractivity contribution in [2.45, 2.75) is 122 Å². The van der Waals surface area contributed by atoms with E-state index in [1.54, 1.807) is 6.07 Å². The lowest BCUT2D eigenvalue weighted by Crippen LogP contribution is -2.37. The fourth-order valence-corrected chi connectivity index (χ4v) is 7.28. The van der Waals surface area contributed by atoms with Crippen LogP contribution in [0.2, 0.25) is 0 Å². The van der Waals surface area contributed by atoms with E-state index in [0.717, 1.165) is 63.4 Å². The largest absolute Gasteiger partial charge is 0.377 e. The summed E-state index contributed by atoms with van der Waals surface area (Å²) in [5, 5.41) is 30.7. The molecule has 0 amide bonds. The van der Waals surface area contributed by atoms with Crippen molar-refractivity contribution in [3.63, 3.8) is 0 Å². The zero-order valence-corrected chi connectivity index (χ0v) is 23.2. The van der Waals surface area contributed by atoms with Gasteiger partial charge in [0, 0.05) is 18.1 Å². The highest BCUT2D eigenvalue weighted by Crippen LogP contribution is 2.42. The second-order valence-electron chi connectivity index (χ2n) is 12.6. The van der Waals surface area contributed by atoms with Crippen LogP contribution in [0.5, 0.6) is 0 Å². The number of benzene rings is 1. The van der Waals surface area contributed by atoms with Crippen molar-refractivity contribution in [2.24, 2.45) is 29.4 Å². The van der Waals surface area contributed by atoms with Gasteiger partial charge in [0.2, 0.25) is 0 Å². The van der Waals surface area contributed by atoms with Gasteiger partial charge in [0.15, 0.2) is 0 Å². The number of hydrogen-bond acceptors (Lipinski definition) is 7. The Balaban J connectivity index is 1.45. The third-order valence-electron chi connectivity index (χ3n) is 9.60. The van der Waals surface area contributed by atoms with Gasteiger partial charge >= 0.3 is 0 Å². The summed E-state index contributed by atoms with van der Waals surface area (Å²) < 4.78 is 0. The molecular weight excluding hydrogens is 482 g/mol. The van der Waals surface area contributed by atoms with Gasteiger partial charge in [-0.05, 0) is 87.5 Å². The standard InChI is InChI=1S/C29H47N5O4/c1-19-14-21(10-12-24(19)30)16-22-11-13-25(20(2)15-22)32-27-17-26(28(33(35)36)18-29(27)34(37)38)31-23-8-6-4-3-5-7-9-23/h17-25,31-32H,3-16,30H2,1-2H3. The first-order chi connectivity index (χ1) is 18.2. The second-order valence-corrected chi connectivity index (χ2v) is 12.6. The summed E-state index contributed by atoms with van der Waals surface area (Å²) in [5.41, 5.74) is 6.56. The molecule has 3 fully saturated rings. The first-order valence-corrected chi connectivity index (χ1v) is 15.0. The van der Waals surface area contributed by atoms with Gasteiger partial charge < -0.3 is 16.4 Å². The lowest BCUT2D eigenvalue weighted by atomic mass is 9.71. The van der Waals surface area contributed by atoms with E-state index in [4.69, 9.17) is 5.73 Å². The van der Waals surface area contributed by atoms with Crippen LogP contribution in [0.25, 0.3) is 0 Å². The van der Waals surface area contributed by atoms with Crippen molar-refractivity contribution in [1.82, 2.24) is 0 Å². The van der Waals surface area contributed by atoms with Crippen molar-refractivity contribution >= 4 is 22.7 Å². The highest BCUT2D eigenvalue weighted by atomic mass is 16.6. The molecule has 3 aliphatic rings. The molecule has 0 spiro atoms. The Morgan fingerprint density at radius 2 is 1.32 bits per heavy atom. The number of nitrogens with zero attached hydrogens (tertiary/aromatic N) is 2. The van der Waals surface area contributed by atoms with Crippen molar-refractivity contribution in [2.75, 3.05) is 10.6 Å². The Labute approximate surface area is 227 Å². The quantitative estimate of drug-likeness (QED) is 0.236. The molecule has 0 radical (unpaired) electrons. The summed E-state index contributed by atoms with van der Waals surface area (Å²) >= 11 is 0. The maximum absolute atomic E-state index is 11.9. The molecule has 0 bridgehead atoms. The SMILES string of the molecule is CC1CC(CC2CCC(Nc3cc(NC4CCCCCCC4)c([N+](=O)[O-])cc3[N+](=O)[O-])C(C)C2)CCC1N. The fraction of sp³-hybridized carbons (Fsp3) is 0.793. The monoisotopic (exact) mass is 529 g/mol. The molecule has 6 unspecified atom stereocenters. The molecule has 3 saturated carbocycles. The lowest BCUT2D eigenvalue weighted by Gasteiger charge is -2.39. The van der Waals surface area contributed by atoms with E-state index >= 15 is 0 Å². The van der Waals surface area contributed by atoms with Gasteiger partial charge in [0.05, 0.1) is 15.9 Å². The van der Waals surface area contributed by atoms with Gasteiger partial charge in [0.1, 0.15) is 11.4 Å². The van der Waals surface area contributed by atoms with Crippen molar-refractivity contribution in [3.8, 4) is 0 Å². The number of anilines is 2. The summed E-state index contributed by atoms with van der Waals surface area (Å²) in [6, 6.07) is 3.36. The third-order valence-corrected chi connectivity index (χ3v) is 9.60. The van der Waals surface area contributed by atoms with Crippen LogP contribution in [0.3, 0.4) is 0 Å². The second kappa shape index (κ2) is 13.1. The average molecular weight is 530 g/mol. The van der Waals surface area contributed by atoms with Gasteiger partial charge in [-0.15, -0.1) is 0 Å². The van der Waals surface area contributed by atoms with E-state index in [9.17, 15) is 20.2 Å². The Morgan fingerprint density at radius 1 is 0.763 bits per heavy atom. The molecule has 1 aromatic carbocycles. The molecule has 1 aromatic rings. The van der Waals surface area contributed by atoms with Crippen LogP contribution in [-0.4, -0.2) is 28.0 Å². The molecular formula is C29H47N5O4. The van der Waals surface area contributed by atoms with E-state index in [0.29, 0.717) is 35.2 Å². The topological polar surface area (TPSA) is 136 Å². The van der Waals surface area contributed by atoms with Crippen LogP contribution in [0.4, 0.5) is 22.7 Å². The number of nitrogens with two attached hydrogens (primary N) is 1. The Bertz CT molecular complexity index is 965. The highest BCUT2D eigenvalue weighted by molar-refractivity contribution is 5.77. The van der Waals surface area contributed by atoms with Crippen LogP contribution in [-0.2, 0) is 0 Å². The normalized spacial score (nSPS) is 31.1. The Kier molecular flexibility index (Phi) is 9.85. The van der Waals surface area contributed by atoms with E-state index in [1.165, 1.54) is 38.5 Å². The highest BCUT2D eigenvalue weighted by Gasteiger charge is 2.34. The van der Waals surface area contributed by atoms with Crippen LogP contribution in [0.15, 0.2) is 12.1 Å². The first-order valence-electron chi connectivity index (χ1n) is 15.0. The Hall–Kier alpha value is -2.42. The number of nitrogens with one attached hydrogen (secondary N) is 2. The van der Waals surface area contributed by atoms with E-state index in [2.05, 4.69) is 24.5 Å². The Morgan fingerprint density at radius 3 is 1.89 bits per heavy atom. The zero-order chi connectivity index (χ0) is 27.2. The molecule has 4 rings (SSSR count). The maximum Gasteiger partial charge on any atom is 0.299 e. The summed E-state index contributed by atoms with van der Waals surface area (Å²) in [4.78, 5) is 22.8. The van der Waals surface area contributed by atoms with Crippen LogP contribution >= 0.6 is 0 Å². The lowest BCUT2D eigenvalue weighted by molar-refractivity contribution is -0.393. The van der Waals surface area contributed by atoms with E-state index < -0.39 is 9.85 Å². The van der Waals surface area contributed by atoms with E-state index in [1.807, 2.05) is 0 Å². The van der Waals surface area contributed by atoms with Gasteiger partial charge in [-0.2, -0.15) is 0 Å². The van der Waals surface area contributed by atoms with Gasteiger partial charge in [-0.3, -0.25) is 20.2 Å². The zero-order valence-electron chi connectivity index (χ0n) is 23.2.